The van der Waals surface area contributed by atoms with Crippen LogP contribution in [0, 0.1) is 0 Å². The molecule has 1 aliphatic heterocycles. The minimum absolute atomic E-state index is 0.349. The highest BCUT2D eigenvalue weighted by Crippen LogP contribution is 2.26. The van der Waals surface area contributed by atoms with E-state index in [0.717, 1.165) is 0 Å². The van der Waals surface area contributed by atoms with E-state index in [2.05, 4.69) is 24.7 Å². The third-order valence-electron chi connectivity index (χ3n) is 3.39. The van der Waals surface area contributed by atoms with Crippen molar-refractivity contribution in [3.63, 3.8) is 0 Å². The Bertz CT molecular complexity index is 139. The van der Waals surface area contributed by atoms with Gasteiger partial charge in [-0.2, -0.15) is 0 Å². The third kappa shape index (κ3) is 5.53. The van der Waals surface area contributed by atoms with Gasteiger partial charge in [0.15, 0.2) is 0 Å². The zero-order chi connectivity index (χ0) is 11.0. The van der Waals surface area contributed by atoms with Crippen molar-refractivity contribution in [1.82, 2.24) is 10.9 Å². The number of unbranched alkanes of at least 4 members (excludes halogenated alkanes) is 6. The van der Waals surface area contributed by atoms with Crippen molar-refractivity contribution in [3.05, 3.63) is 0 Å². The van der Waals surface area contributed by atoms with E-state index in [1.54, 1.807) is 0 Å². The van der Waals surface area contributed by atoms with Crippen LogP contribution >= 0.6 is 0 Å². The maximum atomic E-state index is 3.35. The van der Waals surface area contributed by atoms with Gasteiger partial charge in [-0.25, -0.2) is 10.9 Å². The van der Waals surface area contributed by atoms with Crippen LogP contribution in [0.4, 0.5) is 0 Å². The fourth-order valence-electron chi connectivity index (χ4n) is 2.17. The molecule has 90 valence electrons. The molecule has 0 spiro atoms. The molecule has 2 N–H and O–H groups in total. The molecule has 1 aliphatic rings. The first-order valence-electron chi connectivity index (χ1n) is 6.87. The molecule has 1 rings (SSSR count). The van der Waals surface area contributed by atoms with E-state index < -0.39 is 0 Å². The molecule has 2 heteroatoms. The summed E-state index contributed by atoms with van der Waals surface area (Å²) in [5.41, 5.74) is 7.05. The van der Waals surface area contributed by atoms with Gasteiger partial charge in [-0.1, -0.05) is 65.2 Å². The molecule has 0 unspecified atom stereocenters. The van der Waals surface area contributed by atoms with Crippen molar-refractivity contribution in [2.45, 2.75) is 83.7 Å². The molecule has 1 fully saturated rings. The third-order valence-corrected chi connectivity index (χ3v) is 3.39. The average molecular weight is 212 g/mol. The highest BCUT2D eigenvalue weighted by molar-refractivity contribution is 4.93. The zero-order valence-electron chi connectivity index (χ0n) is 10.6. The molecule has 0 aromatic rings. The van der Waals surface area contributed by atoms with Crippen molar-refractivity contribution in [2.75, 3.05) is 0 Å². The molecule has 0 bridgehead atoms. The van der Waals surface area contributed by atoms with Gasteiger partial charge in [-0.3, -0.25) is 0 Å². The second-order valence-corrected chi connectivity index (χ2v) is 4.95. The Morgan fingerprint density at radius 3 is 1.47 bits per heavy atom. The van der Waals surface area contributed by atoms with Crippen molar-refractivity contribution < 1.29 is 0 Å². The standard InChI is InChI=1S/C13H28N2/c1-3-5-7-9-11-13(14-15-13)12-10-8-6-4-2/h14-15H,3-12H2,1-2H3. The van der Waals surface area contributed by atoms with Crippen molar-refractivity contribution in [2.24, 2.45) is 0 Å². The van der Waals surface area contributed by atoms with Crippen LogP contribution in [0.2, 0.25) is 0 Å². The molecule has 0 aromatic heterocycles. The summed E-state index contributed by atoms with van der Waals surface area (Å²) >= 11 is 0. The molecule has 0 amide bonds. The smallest absolute Gasteiger partial charge is 0.0943 e. The predicted molar refractivity (Wildman–Crippen MR) is 66.5 cm³/mol. The molecule has 15 heavy (non-hydrogen) atoms. The molecule has 1 saturated heterocycles. The molecule has 0 saturated carbocycles. The van der Waals surface area contributed by atoms with Gasteiger partial charge in [-0.05, 0) is 12.8 Å². The van der Waals surface area contributed by atoms with Gasteiger partial charge < -0.3 is 0 Å². The van der Waals surface area contributed by atoms with Crippen LogP contribution in [-0.2, 0) is 0 Å². The average Bonchev–Trinajstić information content (AvgIpc) is 3.01. The maximum Gasteiger partial charge on any atom is 0.0943 e. The fourth-order valence-corrected chi connectivity index (χ4v) is 2.17. The van der Waals surface area contributed by atoms with Gasteiger partial charge in [0.25, 0.3) is 0 Å². The Morgan fingerprint density at radius 2 is 1.13 bits per heavy atom. The lowest BCUT2D eigenvalue weighted by molar-refractivity contribution is 0.450. The van der Waals surface area contributed by atoms with Crippen LogP contribution in [0.15, 0.2) is 0 Å². The van der Waals surface area contributed by atoms with E-state index in [1.807, 2.05) is 0 Å². The first kappa shape index (κ1) is 13.0. The van der Waals surface area contributed by atoms with E-state index in [-0.39, 0.29) is 0 Å². The van der Waals surface area contributed by atoms with E-state index in [1.165, 1.54) is 64.2 Å². The van der Waals surface area contributed by atoms with Crippen molar-refractivity contribution in [3.8, 4) is 0 Å². The molecule has 0 aliphatic carbocycles. The second-order valence-electron chi connectivity index (χ2n) is 4.95. The first-order valence-corrected chi connectivity index (χ1v) is 6.87. The Balaban J connectivity index is 1.96. The summed E-state index contributed by atoms with van der Waals surface area (Å²) in [6.45, 7) is 4.54. The monoisotopic (exact) mass is 212 g/mol. The Hall–Kier alpha value is -0.0800. The number of nitrogens with one attached hydrogen (secondary N) is 2. The van der Waals surface area contributed by atoms with Crippen molar-refractivity contribution in [1.29, 1.82) is 0 Å². The molecule has 1 heterocycles. The topological polar surface area (TPSA) is 43.9 Å². The van der Waals surface area contributed by atoms with Crippen LogP contribution in [0.3, 0.4) is 0 Å². The molecule has 0 aromatic carbocycles. The lowest BCUT2D eigenvalue weighted by Crippen LogP contribution is -2.17. The second kappa shape index (κ2) is 7.24. The summed E-state index contributed by atoms with van der Waals surface area (Å²) in [5.74, 6) is 0. The highest BCUT2D eigenvalue weighted by Gasteiger charge is 2.39. The summed E-state index contributed by atoms with van der Waals surface area (Å²) in [6.07, 6.45) is 13.7. The first-order chi connectivity index (χ1) is 7.33. The minimum atomic E-state index is 0.349. The Labute approximate surface area is 95.2 Å². The largest absolute Gasteiger partial charge is 0.235 e. The van der Waals surface area contributed by atoms with Crippen LogP contribution < -0.4 is 10.9 Å². The highest BCUT2D eigenvalue weighted by atomic mass is 15.7. The van der Waals surface area contributed by atoms with E-state index in [9.17, 15) is 0 Å². The van der Waals surface area contributed by atoms with Gasteiger partial charge in [0.2, 0.25) is 0 Å². The molecule has 0 radical (unpaired) electrons. The zero-order valence-corrected chi connectivity index (χ0v) is 10.6. The molecular weight excluding hydrogens is 184 g/mol. The summed E-state index contributed by atoms with van der Waals surface area (Å²) in [6, 6.07) is 0. The van der Waals surface area contributed by atoms with Gasteiger partial charge in [0.05, 0.1) is 5.66 Å². The fraction of sp³-hybridized carbons (Fsp3) is 1.00. The Morgan fingerprint density at radius 1 is 0.667 bits per heavy atom. The maximum absolute atomic E-state index is 3.35. The van der Waals surface area contributed by atoms with Crippen LogP contribution in [-0.4, -0.2) is 5.66 Å². The molecule has 0 atom stereocenters. The number of hydrogen-bond acceptors (Lipinski definition) is 2. The van der Waals surface area contributed by atoms with Gasteiger partial charge in [0.1, 0.15) is 0 Å². The van der Waals surface area contributed by atoms with E-state index in [0.29, 0.717) is 5.66 Å². The lowest BCUT2D eigenvalue weighted by Gasteiger charge is -2.11. The SMILES string of the molecule is CCCCCCC1(CCCCCC)NN1. The number of hydrazine groups is 1. The van der Waals surface area contributed by atoms with Crippen LogP contribution in [0.1, 0.15) is 78.1 Å². The van der Waals surface area contributed by atoms with Crippen LogP contribution in [0.5, 0.6) is 0 Å². The predicted octanol–water partition coefficient (Wildman–Crippen LogP) is 3.73. The minimum Gasteiger partial charge on any atom is -0.235 e. The van der Waals surface area contributed by atoms with E-state index >= 15 is 0 Å². The molecular formula is C13H28N2. The summed E-state index contributed by atoms with van der Waals surface area (Å²) in [4.78, 5) is 0. The quantitative estimate of drug-likeness (QED) is 0.428. The number of rotatable bonds is 10. The van der Waals surface area contributed by atoms with Gasteiger partial charge >= 0.3 is 0 Å². The Kier molecular flexibility index (Phi) is 6.26. The summed E-state index contributed by atoms with van der Waals surface area (Å²) in [7, 11) is 0. The van der Waals surface area contributed by atoms with Crippen LogP contribution in [0.25, 0.3) is 0 Å². The summed E-state index contributed by atoms with van der Waals surface area (Å²) in [5, 5.41) is 0. The lowest BCUT2D eigenvalue weighted by atomic mass is 9.99. The molecule has 2 nitrogen and oxygen atoms in total. The van der Waals surface area contributed by atoms with Gasteiger partial charge in [0, 0.05) is 0 Å². The van der Waals surface area contributed by atoms with E-state index in [4.69, 9.17) is 0 Å². The normalized spacial score (nSPS) is 18.0. The van der Waals surface area contributed by atoms with Gasteiger partial charge in [-0.15, -0.1) is 0 Å². The van der Waals surface area contributed by atoms with Crippen molar-refractivity contribution >= 4 is 0 Å². The summed E-state index contributed by atoms with van der Waals surface area (Å²) < 4.78 is 0. The number of hydrogen-bond donors (Lipinski definition) is 2.